The van der Waals surface area contributed by atoms with Gasteiger partial charge in [-0.25, -0.2) is 0 Å². The van der Waals surface area contributed by atoms with Crippen molar-refractivity contribution in [1.82, 2.24) is 9.47 Å². The summed E-state index contributed by atoms with van der Waals surface area (Å²) in [5, 5.41) is 10.00. The standard InChI is InChI=1S/C41H46N4O5/c1-4-30-15-18-32(19-16-30)42(2)36-20-17-31(41(48)34-29-45(21-9-14-40(46)47)35-11-6-5-10-33(34)35)28-39(36)50-27-26-43-22-24-44(25-23-43)37-12-7-8-13-38(37)49-3/h5-8,10-13,15-20,28-29H,4,9,14,21-27H2,1-3H3,(H,46,47). The van der Waals surface area contributed by atoms with Crippen molar-refractivity contribution in [1.29, 1.82) is 0 Å². The first-order valence-corrected chi connectivity index (χ1v) is 17.4. The lowest BCUT2D eigenvalue weighted by atomic mass is 10.0. The fraction of sp³-hybridized carbons (Fsp3) is 0.317. The summed E-state index contributed by atoms with van der Waals surface area (Å²) in [5.74, 6) is 0.613. The molecule has 2 heterocycles. The number of anilines is 3. The van der Waals surface area contributed by atoms with Gasteiger partial charge in [-0.3, -0.25) is 14.5 Å². The second kappa shape index (κ2) is 16.0. The number of fused-ring (bicyclic) bond motifs is 1. The Labute approximate surface area is 294 Å². The molecule has 9 heteroatoms. The maximum Gasteiger partial charge on any atom is 0.303 e. The molecule has 5 aromatic rings. The minimum atomic E-state index is -0.827. The van der Waals surface area contributed by atoms with Gasteiger partial charge in [0.1, 0.15) is 18.1 Å². The summed E-state index contributed by atoms with van der Waals surface area (Å²) >= 11 is 0. The molecule has 0 amide bonds. The van der Waals surface area contributed by atoms with Crippen molar-refractivity contribution in [3.63, 3.8) is 0 Å². The minimum Gasteiger partial charge on any atom is -0.495 e. The van der Waals surface area contributed by atoms with Crippen molar-refractivity contribution in [2.45, 2.75) is 32.7 Å². The lowest BCUT2D eigenvalue weighted by Crippen LogP contribution is -2.47. The van der Waals surface area contributed by atoms with E-state index < -0.39 is 5.97 Å². The summed E-state index contributed by atoms with van der Waals surface area (Å²) in [6, 6.07) is 30.1. The molecule has 260 valence electrons. The number of piperazine rings is 1. The fourth-order valence-corrected chi connectivity index (χ4v) is 6.70. The molecule has 6 rings (SSSR count). The molecular formula is C41H46N4O5. The van der Waals surface area contributed by atoms with Crippen molar-refractivity contribution in [2.24, 2.45) is 0 Å². The maximum atomic E-state index is 14.1. The highest BCUT2D eigenvalue weighted by molar-refractivity contribution is 6.16. The Morgan fingerprint density at radius 2 is 1.60 bits per heavy atom. The first kappa shape index (κ1) is 34.6. The van der Waals surface area contributed by atoms with Crippen LogP contribution < -0.4 is 19.3 Å². The van der Waals surface area contributed by atoms with Crippen LogP contribution in [0.2, 0.25) is 0 Å². The quantitative estimate of drug-likeness (QED) is 0.116. The van der Waals surface area contributed by atoms with Crippen LogP contribution in [-0.2, 0) is 17.8 Å². The lowest BCUT2D eigenvalue weighted by molar-refractivity contribution is -0.137. The van der Waals surface area contributed by atoms with Gasteiger partial charge in [-0.15, -0.1) is 0 Å². The monoisotopic (exact) mass is 674 g/mol. The summed E-state index contributed by atoms with van der Waals surface area (Å²) in [6.07, 6.45) is 3.38. The van der Waals surface area contributed by atoms with Gasteiger partial charge in [0.05, 0.1) is 18.5 Å². The molecule has 50 heavy (non-hydrogen) atoms. The van der Waals surface area contributed by atoms with Crippen molar-refractivity contribution in [2.75, 3.05) is 63.3 Å². The van der Waals surface area contributed by atoms with E-state index in [0.717, 1.165) is 72.9 Å². The summed E-state index contributed by atoms with van der Waals surface area (Å²) in [7, 11) is 3.73. The molecule has 9 nitrogen and oxygen atoms in total. The number of benzene rings is 4. The second-order valence-electron chi connectivity index (χ2n) is 12.7. The van der Waals surface area contributed by atoms with Crippen LogP contribution in [-0.4, -0.2) is 79.8 Å². The average molecular weight is 675 g/mol. The molecule has 0 unspecified atom stereocenters. The molecule has 1 aromatic heterocycles. The van der Waals surface area contributed by atoms with Gasteiger partial charge in [0, 0.05) is 86.7 Å². The van der Waals surface area contributed by atoms with Gasteiger partial charge in [0.2, 0.25) is 0 Å². The third-order valence-corrected chi connectivity index (χ3v) is 9.60. The number of methoxy groups -OCH3 is 1. The van der Waals surface area contributed by atoms with Gasteiger partial charge in [-0.1, -0.05) is 49.4 Å². The normalized spacial score (nSPS) is 13.4. The van der Waals surface area contributed by atoms with Gasteiger partial charge >= 0.3 is 5.97 Å². The number of carboxylic acid groups (broad SMARTS) is 1. The maximum absolute atomic E-state index is 14.1. The highest BCUT2D eigenvalue weighted by Crippen LogP contribution is 2.35. The molecule has 0 aliphatic carbocycles. The van der Waals surface area contributed by atoms with E-state index in [4.69, 9.17) is 14.6 Å². The molecule has 0 saturated carbocycles. The molecule has 4 aromatic carbocycles. The first-order chi connectivity index (χ1) is 24.4. The smallest absolute Gasteiger partial charge is 0.303 e. The predicted octanol–water partition coefficient (Wildman–Crippen LogP) is 7.28. The molecular weight excluding hydrogens is 628 g/mol. The fourth-order valence-electron chi connectivity index (χ4n) is 6.70. The SMILES string of the molecule is CCc1ccc(N(C)c2ccc(C(=O)c3cn(CCCC(=O)O)c4ccccc34)cc2OCCN2CCN(c3ccccc3OC)CC2)cc1. The largest absolute Gasteiger partial charge is 0.495 e. The number of ketones is 1. The Morgan fingerprint density at radius 3 is 2.34 bits per heavy atom. The van der Waals surface area contributed by atoms with Crippen LogP contribution in [0.5, 0.6) is 11.5 Å². The van der Waals surface area contributed by atoms with Crippen molar-refractivity contribution >= 4 is 39.7 Å². The van der Waals surface area contributed by atoms with Crippen LogP contribution in [0.15, 0.2) is 97.2 Å². The van der Waals surface area contributed by atoms with E-state index >= 15 is 0 Å². The number of aromatic nitrogens is 1. The number of aryl methyl sites for hydroxylation is 2. The predicted molar refractivity (Wildman–Crippen MR) is 200 cm³/mol. The molecule has 1 N–H and O–H groups in total. The number of hydrogen-bond donors (Lipinski definition) is 1. The number of para-hydroxylation sites is 3. The van der Waals surface area contributed by atoms with E-state index in [1.165, 1.54) is 5.56 Å². The molecule has 0 radical (unpaired) electrons. The van der Waals surface area contributed by atoms with E-state index in [1.54, 1.807) is 7.11 Å². The van der Waals surface area contributed by atoms with E-state index in [1.807, 2.05) is 78.5 Å². The lowest BCUT2D eigenvalue weighted by Gasteiger charge is -2.36. The number of carbonyl (C=O) groups is 2. The van der Waals surface area contributed by atoms with E-state index in [2.05, 4.69) is 52.0 Å². The second-order valence-corrected chi connectivity index (χ2v) is 12.7. The Hall–Kier alpha value is -5.28. The first-order valence-electron chi connectivity index (χ1n) is 17.4. The summed E-state index contributed by atoms with van der Waals surface area (Å²) in [4.78, 5) is 32.2. The number of rotatable bonds is 15. The zero-order valence-corrected chi connectivity index (χ0v) is 29.2. The third-order valence-electron chi connectivity index (χ3n) is 9.60. The number of nitrogens with zero attached hydrogens (tertiary/aromatic N) is 4. The zero-order chi connectivity index (χ0) is 35.0. The Kier molecular flexibility index (Phi) is 11.0. The zero-order valence-electron chi connectivity index (χ0n) is 29.2. The van der Waals surface area contributed by atoms with Gasteiger partial charge in [-0.05, 0) is 66.9 Å². The van der Waals surface area contributed by atoms with E-state index in [0.29, 0.717) is 36.4 Å². The summed E-state index contributed by atoms with van der Waals surface area (Å²) < 4.78 is 14.1. The van der Waals surface area contributed by atoms with Crippen molar-refractivity contribution in [3.05, 3.63) is 114 Å². The number of carbonyl (C=O) groups excluding carboxylic acids is 1. The number of hydrogen-bond acceptors (Lipinski definition) is 7. The number of aliphatic carboxylic acids is 1. The van der Waals surface area contributed by atoms with Gasteiger partial charge in [0.25, 0.3) is 0 Å². The Bertz CT molecular complexity index is 1930. The topological polar surface area (TPSA) is 87.5 Å². The van der Waals surface area contributed by atoms with E-state index in [-0.39, 0.29) is 12.2 Å². The molecule has 1 saturated heterocycles. The van der Waals surface area contributed by atoms with Crippen LogP contribution in [0, 0.1) is 0 Å². The summed E-state index contributed by atoms with van der Waals surface area (Å²) in [5.41, 5.74) is 6.34. The van der Waals surface area contributed by atoms with Crippen LogP contribution in [0.1, 0.15) is 41.3 Å². The number of ether oxygens (including phenoxy) is 2. The van der Waals surface area contributed by atoms with Crippen LogP contribution in [0.4, 0.5) is 17.1 Å². The van der Waals surface area contributed by atoms with Gasteiger partial charge in [0.15, 0.2) is 5.78 Å². The molecule has 0 atom stereocenters. The van der Waals surface area contributed by atoms with Crippen LogP contribution >= 0.6 is 0 Å². The van der Waals surface area contributed by atoms with Crippen LogP contribution in [0.3, 0.4) is 0 Å². The van der Waals surface area contributed by atoms with Gasteiger partial charge < -0.3 is 28.9 Å². The minimum absolute atomic E-state index is 0.0735. The molecule has 1 aliphatic heterocycles. The number of carboxylic acids is 1. The molecule has 1 aliphatic rings. The van der Waals surface area contributed by atoms with Crippen LogP contribution in [0.25, 0.3) is 10.9 Å². The van der Waals surface area contributed by atoms with Crippen molar-refractivity contribution < 1.29 is 24.2 Å². The van der Waals surface area contributed by atoms with Gasteiger partial charge in [-0.2, -0.15) is 0 Å². The molecule has 0 spiro atoms. The Balaban J connectivity index is 1.21. The summed E-state index contributed by atoms with van der Waals surface area (Å²) in [6.45, 7) is 7.52. The van der Waals surface area contributed by atoms with E-state index in [9.17, 15) is 9.59 Å². The highest BCUT2D eigenvalue weighted by Gasteiger charge is 2.22. The molecule has 1 fully saturated rings. The average Bonchev–Trinajstić information content (AvgIpc) is 3.52. The Morgan fingerprint density at radius 1 is 0.860 bits per heavy atom. The highest BCUT2D eigenvalue weighted by atomic mass is 16.5. The van der Waals surface area contributed by atoms with Crippen molar-refractivity contribution in [3.8, 4) is 11.5 Å². The molecule has 0 bridgehead atoms. The third kappa shape index (κ3) is 7.79.